The smallest absolute Gasteiger partial charge is 0.192 e. The molecule has 0 radical (unpaired) electrons. The molecule has 0 amide bonds. The van der Waals surface area contributed by atoms with Crippen LogP contribution in [-0.4, -0.2) is 4.98 Å². The molecular formula is C17H14ClNO. The van der Waals surface area contributed by atoms with E-state index in [0.717, 1.165) is 11.1 Å². The van der Waals surface area contributed by atoms with E-state index in [1.54, 1.807) is 12.3 Å². The van der Waals surface area contributed by atoms with Crippen molar-refractivity contribution in [3.63, 3.8) is 0 Å². The molecule has 1 aliphatic carbocycles. The van der Waals surface area contributed by atoms with Crippen LogP contribution in [0.25, 0.3) is 17.0 Å². The highest BCUT2D eigenvalue weighted by Crippen LogP contribution is 2.22. The summed E-state index contributed by atoms with van der Waals surface area (Å²) in [7, 11) is 0. The zero-order valence-electron chi connectivity index (χ0n) is 11.4. The van der Waals surface area contributed by atoms with E-state index in [4.69, 9.17) is 11.6 Å². The molecule has 1 heterocycles. The van der Waals surface area contributed by atoms with Crippen molar-refractivity contribution < 1.29 is 0 Å². The van der Waals surface area contributed by atoms with Crippen LogP contribution in [0.2, 0.25) is 5.02 Å². The Morgan fingerprint density at radius 1 is 1.20 bits per heavy atom. The minimum atomic E-state index is 0.0185. The van der Waals surface area contributed by atoms with Crippen molar-refractivity contribution in [1.29, 1.82) is 0 Å². The molecule has 2 nitrogen and oxygen atoms in total. The van der Waals surface area contributed by atoms with Gasteiger partial charge in [0.25, 0.3) is 0 Å². The number of hydrogen-bond donors (Lipinski definition) is 0. The van der Waals surface area contributed by atoms with Gasteiger partial charge in [-0.25, -0.2) is 0 Å². The fraction of sp³-hybridized carbons (Fsp3) is 0.176. The zero-order valence-corrected chi connectivity index (χ0v) is 12.2. The summed E-state index contributed by atoms with van der Waals surface area (Å²) in [5.74, 6) is 0. The first-order valence-electron chi connectivity index (χ1n) is 6.53. The van der Waals surface area contributed by atoms with E-state index >= 15 is 0 Å². The lowest BCUT2D eigenvalue weighted by Gasteiger charge is -1.96. The summed E-state index contributed by atoms with van der Waals surface area (Å²) in [6.07, 6.45) is 6.38. The summed E-state index contributed by atoms with van der Waals surface area (Å²) in [5, 5.41) is 1.07. The van der Waals surface area contributed by atoms with Crippen molar-refractivity contribution in [1.82, 2.24) is 4.98 Å². The molecule has 3 rings (SSSR count). The quantitative estimate of drug-likeness (QED) is 0.727. The zero-order chi connectivity index (χ0) is 14.3. The van der Waals surface area contributed by atoms with Crippen molar-refractivity contribution in [3.8, 4) is 0 Å². The number of allylic oxidation sites excluding steroid dienone is 3. The maximum Gasteiger partial charge on any atom is 0.192 e. The molecular weight excluding hydrogens is 270 g/mol. The van der Waals surface area contributed by atoms with Gasteiger partial charge in [0.2, 0.25) is 0 Å². The molecule has 0 aliphatic heterocycles. The Morgan fingerprint density at radius 3 is 2.80 bits per heavy atom. The standard InChI is InChI=1S/C17H14ClNO/c1-10-3-5-14-12(7-11(10)2)4-6-16-15(17(14)20)8-13(18)9-19-16/h3-4,6-9H,5H2,1-2H3. The summed E-state index contributed by atoms with van der Waals surface area (Å²) in [6.45, 7) is 4.13. The number of halogens is 1. The fourth-order valence-electron chi connectivity index (χ4n) is 2.44. The minimum absolute atomic E-state index is 0.0185. The lowest BCUT2D eigenvalue weighted by atomic mass is 10.1. The summed E-state index contributed by atoms with van der Waals surface area (Å²) in [5.41, 5.74) is 4.87. The van der Waals surface area contributed by atoms with Crippen molar-refractivity contribution in [2.24, 2.45) is 0 Å². The van der Waals surface area contributed by atoms with Crippen molar-refractivity contribution >= 4 is 28.6 Å². The van der Waals surface area contributed by atoms with Crippen LogP contribution in [0, 0.1) is 0 Å². The maximum absolute atomic E-state index is 12.7. The summed E-state index contributed by atoms with van der Waals surface area (Å²) >= 11 is 5.97. The third kappa shape index (κ3) is 2.16. The van der Waals surface area contributed by atoms with Gasteiger partial charge in [0, 0.05) is 17.1 Å². The molecule has 1 aromatic heterocycles. The molecule has 0 unspecified atom stereocenters. The molecule has 1 aromatic carbocycles. The van der Waals surface area contributed by atoms with Crippen molar-refractivity contribution in [2.75, 3.05) is 0 Å². The molecule has 1 aliphatic rings. The van der Waals surface area contributed by atoms with E-state index in [1.165, 1.54) is 11.1 Å². The van der Waals surface area contributed by atoms with Crippen molar-refractivity contribution in [3.05, 3.63) is 68.0 Å². The van der Waals surface area contributed by atoms with Crippen LogP contribution >= 0.6 is 11.6 Å². The lowest BCUT2D eigenvalue weighted by molar-refractivity contribution is 1.22. The highest BCUT2D eigenvalue weighted by molar-refractivity contribution is 6.31. The van der Waals surface area contributed by atoms with Gasteiger partial charge in [-0.1, -0.05) is 35.4 Å². The second kappa shape index (κ2) is 4.88. The van der Waals surface area contributed by atoms with E-state index in [1.807, 2.05) is 12.1 Å². The van der Waals surface area contributed by atoms with Gasteiger partial charge in [0.15, 0.2) is 5.43 Å². The van der Waals surface area contributed by atoms with Crippen LogP contribution < -0.4 is 5.43 Å². The predicted octanol–water partition coefficient (Wildman–Crippen LogP) is 4.15. The Hall–Kier alpha value is -1.93. The first kappa shape index (κ1) is 13.1. The molecule has 20 heavy (non-hydrogen) atoms. The van der Waals surface area contributed by atoms with Crippen LogP contribution in [-0.2, 0) is 6.42 Å². The monoisotopic (exact) mass is 283 g/mol. The Bertz CT molecular complexity index is 834. The Morgan fingerprint density at radius 2 is 2.00 bits per heavy atom. The number of fused-ring (bicyclic) bond motifs is 2. The highest BCUT2D eigenvalue weighted by atomic mass is 35.5. The number of pyridine rings is 1. The molecule has 0 saturated heterocycles. The minimum Gasteiger partial charge on any atom is -0.289 e. The van der Waals surface area contributed by atoms with Gasteiger partial charge in [-0.05, 0) is 43.5 Å². The molecule has 0 atom stereocenters. The van der Waals surface area contributed by atoms with Crippen LogP contribution in [0.15, 0.2) is 46.4 Å². The van der Waals surface area contributed by atoms with Gasteiger partial charge in [-0.15, -0.1) is 0 Å². The lowest BCUT2D eigenvalue weighted by Crippen LogP contribution is -2.07. The maximum atomic E-state index is 12.7. The van der Waals surface area contributed by atoms with E-state index < -0.39 is 0 Å². The second-order valence-corrected chi connectivity index (χ2v) is 5.54. The van der Waals surface area contributed by atoms with Gasteiger partial charge in [0.1, 0.15) is 0 Å². The van der Waals surface area contributed by atoms with E-state index in [9.17, 15) is 4.79 Å². The average Bonchev–Trinajstić information content (AvgIpc) is 2.64. The predicted molar refractivity (Wildman–Crippen MR) is 84.1 cm³/mol. The topological polar surface area (TPSA) is 30.0 Å². The van der Waals surface area contributed by atoms with Gasteiger partial charge in [-0.2, -0.15) is 0 Å². The summed E-state index contributed by atoms with van der Waals surface area (Å²) in [4.78, 5) is 17.0. The third-order valence-corrected chi connectivity index (χ3v) is 3.99. The van der Waals surface area contributed by atoms with Gasteiger partial charge in [-0.3, -0.25) is 9.78 Å². The van der Waals surface area contributed by atoms with Crippen LogP contribution in [0.3, 0.4) is 0 Å². The van der Waals surface area contributed by atoms with Crippen LogP contribution in [0.4, 0.5) is 0 Å². The molecule has 0 spiro atoms. The number of aromatic nitrogens is 1. The van der Waals surface area contributed by atoms with E-state index in [0.29, 0.717) is 22.3 Å². The Kier molecular flexibility index (Phi) is 3.19. The largest absolute Gasteiger partial charge is 0.289 e. The molecule has 2 aromatic rings. The molecule has 0 bridgehead atoms. The normalized spacial score (nSPS) is 14.3. The number of nitrogens with zero attached hydrogens (tertiary/aromatic N) is 1. The van der Waals surface area contributed by atoms with Crippen LogP contribution in [0.1, 0.15) is 25.0 Å². The number of rotatable bonds is 0. The highest BCUT2D eigenvalue weighted by Gasteiger charge is 2.11. The summed E-state index contributed by atoms with van der Waals surface area (Å²) in [6, 6.07) is 5.55. The number of hydrogen-bond acceptors (Lipinski definition) is 2. The fourth-order valence-corrected chi connectivity index (χ4v) is 2.59. The molecule has 100 valence electrons. The van der Waals surface area contributed by atoms with E-state index in [2.05, 4.69) is 31.0 Å². The Balaban J connectivity index is 2.43. The second-order valence-electron chi connectivity index (χ2n) is 5.10. The molecule has 0 N–H and O–H groups in total. The first-order valence-corrected chi connectivity index (χ1v) is 6.91. The van der Waals surface area contributed by atoms with E-state index in [-0.39, 0.29) is 5.43 Å². The van der Waals surface area contributed by atoms with Gasteiger partial charge >= 0.3 is 0 Å². The first-order chi connectivity index (χ1) is 9.56. The average molecular weight is 284 g/mol. The molecule has 3 heteroatoms. The third-order valence-electron chi connectivity index (χ3n) is 3.78. The van der Waals surface area contributed by atoms with Crippen LogP contribution in [0.5, 0.6) is 0 Å². The Labute approximate surface area is 122 Å². The summed E-state index contributed by atoms with van der Waals surface area (Å²) < 4.78 is 0. The SMILES string of the molecule is CC1=CCc2c(ccc3ncc(Cl)cc3c2=O)C=C1C. The molecule has 0 saturated carbocycles. The molecule has 0 fully saturated rings. The van der Waals surface area contributed by atoms with Crippen molar-refractivity contribution in [2.45, 2.75) is 20.3 Å². The van der Waals surface area contributed by atoms with Gasteiger partial charge < -0.3 is 0 Å². The van der Waals surface area contributed by atoms with Gasteiger partial charge in [0.05, 0.1) is 10.5 Å².